The number of anilines is 1. The molecular weight excluding hydrogens is 401 g/mol. The van der Waals surface area contributed by atoms with E-state index in [4.69, 9.17) is 10.5 Å². The predicted molar refractivity (Wildman–Crippen MR) is 111 cm³/mol. The van der Waals surface area contributed by atoms with E-state index >= 15 is 0 Å². The zero-order valence-electron chi connectivity index (χ0n) is 15.5. The summed E-state index contributed by atoms with van der Waals surface area (Å²) in [5.74, 6) is 0.221. The van der Waals surface area contributed by atoms with Gasteiger partial charge in [0.15, 0.2) is 5.13 Å². The third-order valence-electron chi connectivity index (χ3n) is 5.28. The van der Waals surface area contributed by atoms with Crippen LogP contribution >= 0.6 is 23.7 Å². The Labute approximate surface area is 174 Å². The maximum absolute atomic E-state index is 13.1. The molecule has 0 radical (unpaired) electrons. The lowest BCUT2D eigenvalue weighted by Crippen LogP contribution is -2.43. The second-order valence-corrected chi connectivity index (χ2v) is 8.45. The first kappa shape index (κ1) is 21.2. The number of nitrogens with two attached hydrogens (primary N) is 1. The molecule has 2 fully saturated rings. The second kappa shape index (κ2) is 9.31. The molecular formula is C20H25ClFN3O2S. The van der Waals surface area contributed by atoms with Crippen molar-refractivity contribution in [1.82, 2.24) is 4.98 Å². The van der Waals surface area contributed by atoms with Gasteiger partial charge in [-0.2, -0.15) is 0 Å². The first-order valence-corrected chi connectivity index (χ1v) is 10.3. The van der Waals surface area contributed by atoms with E-state index < -0.39 is 6.04 Å². The number of hydrogen-bond donors (Lipinski definition) is 2. The van der Waals surface area contributed by atoms with E-state index in [9.17, 15) is 9.18 Å². The fraction of sp³-hybridized carbons (Fsp3) is 0.500. The van der Waals surface area contributed by atoms with Crippen LogP contribution in [-0.2, 0) is 16.0 Å². The normalized spacial score (nSPS) is 18.4. The van der Waals surface area contributed by atoms with E-state index in [-0.39, 0.29) is 30.0 Å². The maximum atomic E-state index is 13.1. The average molecular weight is 426 g/mol. The van der Waals surface area contributed by atoms with E-state index in [1.54, 1.807) is 12.1 Å². The molecule has 2 heterocycles. The molecule has 0 spiro atoms. The van der Waals surface area contributed by atoms with Crippen LogP contribution in [-0.4, -0.2) is 30.1 Å². The molecule has 5 nitrogen and oxygen atoms in total. The van der Waals surface area contributed by atoms with Crippen molar-refractivity contribution in [3.05, 3.63) is 46.2 Å². The van der Waals surface area contributed by atoms with Gasteiger partial charge in [0.1, 0.15) is 5.82 Å². The van der Waals surface area contributed by atoms with Gasteiger partial charge in [-0.3, -0.25) is 4.79 Å². The van der Waals surface area contributed by atoms with Gasteiger partial charge in [0.25, 0.3) is 0 Å². The summed E-state index contributed by atoms with van der Waals surface area (Å²) in [7, 11) is 0. The molecule has 1 aromatic heterocycles. The number of hydrogen-bond acceptors (Lipinski definition) is 5. The molecule has 2 aliphatic rings. The summed E-state index contributed by atoms with van der Waals surface area (Å²) >= 11 is 1.50. The molecule has 1 amide bonds. The lowest BCUT2D eigenvalue weighted by molar-refractivity contribution is -0.119. The average Bonchev–Trinajstić information content (AvgIpc) is 3.46. The summed E-state index contributed by atoms with van der Waals surface area (Å²) in [5, 5.41) is 3.53. The van der Waals surface area contributed by atoms with Crippen LogP contribution in [0.2, 0.25) is 0 Å². The number of benzene rings is 1. The monoisotopic (exact) mass is 425 g/mol. The van der Waals surface area contributed by atoms with Crippen molar-refractivity contribution >= 4 is 34.8 Å². The Morgan fingerprint density at radius 3 is 2.57 bits per heavy atom. The Kier molecular flexibility index (Phi) is 7.04. The molecule has 1 aliphatic carbocycles. The fourth-order valence-corrected chi connectivity index (χ4v) is 4.57. The van der Waals surface area contributed by atoms with E-state index in [0.29, 0.717) is 30.7 Å². The number of nitrogens with zero attached hydrogens (tertiary/aromatic N) is 1. The number of halogens is 2. The van der Waals surface area contributed by atoms with Gasteiger partial charge in [0, 0.05) is 30.4 Å². The van der Waals surface area contributed by atoms with Gasteiger partial charge in [-0.25, -0.2) is 9.37 Å². The summed E-state index contributed by atoms with van der Waals surface area (Å²) in [6.45, 7) is 1.33. The minimum atomic E-state index is -0.539. The minimum absolute atomic E-state index is 0. The molecule has 28 heavy (non-hydrogen) atoms. The van der Waals surface area contributed by atoms with Gasteiger partial charge < -0.3 is 15.8 Å². The maximum Gasteiger partial charge on any atom is 0.243 e. The van der Waals surface area contributed by atoms with Crippen molar-refractivity contribution in [2.45, 2.75) is 44.1 Å². The summed E-state index contributed by atoms with van der Waals surface area (Å²) in [4.78, 5) is 18.4. The smallest absolute Gasteiger partial charge is 0.243 e. The van der Waals surface area contributed by atoms with Gasteiger partial charge in [-0.1, -0.05) is 12.1 Å². The summed E-state index contributed by atoms with van der Waals surface area (Å²) < 4.78 is 18.5. The first-order chi connectivity index (χ1) is 13.1. The van der Waals surface area contributed by atoms with Crippen LogP contribution in [0.3, 0.4) is 0 Å². The molecule has 1 aromatic carbocycles. The molecule has 2 aromatic rings. The Morgan fingerprint density at radius 2 is 1.93 bits per heavy atom. The van der Waals surface area contributed by atoms with Crippen molar-refractivity contribution in [2.24, 2.45) is 11.7 Å². The number of amides is 1. The van der Waals surface area contributed by atoms with E-state index in [1.807, 2.05) is 0 Å². The standard InChI is InChI=1S/C20H24FN3O2S.ClH/c21-15-5-1-12(2-6-15)11-16-18(14-3-4-14)23-20(27-16)24-19(25)17(22)13-7-9-26-10-8-13;/h1-2,5-6,13-14,17H,3-4,7-11,22H2,(H,23,24,25);1H. The first-order valence-electron chi connectivity index (χ1n) is 9.48. The van der Waals surface area contributed by atoms with Gasteiger partial charge in [0.05, 0.1) is 11.7 Å². The second-order valence-electron chi connectivity index (χ2n) is 7.37. The van der Waals surface area contributed by atoms with Crippen LogP contribution in [0.4, 0.5) is 9.52 Å². The van der Waals surface area contributed by atoms with Crippen LogP contribution in [0.25, 0.3) is 0 Å². The lowest BCUT2D eigenvalue weighted by Gasteiger charge is -2.26. The van der Waals surface area contributed by atoms with Crippen LogP contribution in [0.5, 0.6) is 0 Å². The number of carbonyl (C=O) groups excluding carboxylic acids is 1. The third-order valence-corrected chi connectivity index (χ3v) is 6.26. The Morgan fingerprint density at radius 1 is 1.25 bits per heavy atom. The SMILES string of the molecule is Cl.NC(C(=O)Nc1nc(C2CC2)c(Cc2ccc(F)cc2)s1)C1CCOCC1. The van der Waals surface area contributed by atoms with Gasteiger partial charge in [-0.05, 0) is 49.3 Å². The van der Waals surface area contributed by atoms with Crippen molar-refractivity contribution in [2.75, 3.05) is 18.5 Å². The Bertz CT molecular complexity index is 804. The largest absolute Gasteiger partial charge is 0.381 e. The van der Waals surface area contributed by atoms with Crippen LogP contribution in [0.1, 0.15) is 47.7 Å². The van der Waals surface area contributed by atoms with Crippen molar-refractivity contribution in [1.29, 1.82) is 0 Å². The molecule has 4 rings (SSSR count). The van der Waals surface area contributed by atoms with Gasteiger partial charge in [-0.15, -0.1) is 23.7 Å². The zero-order chi connectivity index (χ0) is 18.8. The highest BCUT2D eigenvalue weighted by atomic mass is 35.5. The molecule has 3 N–H and O–H groups in total. The van der Waals surface area contributed by atoms with Crippen molar-refractivity contribution in [3.63, 3.8) is 0 Å². The number of ether oxygens (including phenoxy) is 1. The van der Waals surface area contributed by atoms with Gasteiger partial charge in [0.2, 0.25) is 5.91 Å². The molecule has 1 unspecified atom stereocenters. The molecule has 1 aliphatic heterocycles. The number of thiazole rings is 1. The van der Waals surface area contributed by atoms with E-state index in [0.717, 1.165) is 41.8 Å². The number of carbonyl (C=O) groups is 1. The molecule has 8 heteroatoms. The highest BCUT2D eigenvalue weighted by Gasteiger charge is 2.31. The summed E-state index contributed by atoms with van der Waals surface area (Å²) in [5.41, 5.74) is 8.28. The highest BCUT2D eigenvalue weighted by molar-refractivity contribution is 7.15. The van der Waals surface area contributed by atoms with Gasteiger partial charge >= 0.3 is 0 Å². The highest BCUT2D eigenvalue weighted by Crippen LogP contribution is 2.44. The molecule has 0 bridgehead atoms. The van der Waals surface area contributed by atoms with Crippen molar-refractivity contribution in [3.8, 4) is 0 Å². The summed E-state index contributed by atoms with van der Waals surface area (Å²) in [6.07, 6.45) is 4.60. The minimum Gasteiger partial charge on any atom is -0.381 e. The zero-order valence-corrected chi connectivity index (χ0v) is 17.2. The number of nitrogens with one attached hydrogen (secondary N) is 1. The van der Waals surface area contributed by atoms with Crippen molar-refractivity contribution < 1.29 is 13.9 Å². The predicted octanol–water partition coefficient (Wildman–Crippen LogP) is 3.86. The number of aromatic nitrogens is 1. The topological polar surface area (TPSA) is 77.2 Å². The summed E-state index contributed by atoms with van der Waals surface area (Å²) in [6, 6.07) is 6.00. The quantitative estimate of drug-likeness (QED) is 0.736. The Hall–Kier alpha value is -1.54. The van der Waals surface area contributed by atoms with Crippen LogP contribution in [0, 0.1) is 11.7 Å². The van der Waals surface area contributed by atoms with Crippen LogP contribution in [0.15, 0.2) is 24.3 Å². The molecule has 1 saturated heterocycles. The molecule has 1 saturated carbocycles. The lowest BCUT2D eigenvalue weighted by atomic mass is 9.92. The molecule has 1 atom stereocenters. The number of rotatable bonds is 6. The Balaban J connectivity index is 0.00000225. The van der Waals surface area contributed by atoms with E-state index in [2.05, 4.69) is 10.3 Å². The molecule has 152 valence electrons. The third kappa shape index (κ3) is 5.08. The fourth-order valence-electron chi connectivity index (χ4n) is 3.48. The van der Waals surface area contributed by atoms with Crippen LogP contribution < -0.4 is 11.1 Å². The van der Waals surface area contributed by atoms with E-state index in [1.165, 1.54) is 23.5 Å².